The standard InChI is InChI=1S/C11H16BN5O9P2S/c1-29-11-15-8(13)5-9(16-11)17(3-14-5)10-7(19)6(18)4(25-10)2-24-27(12,20)26-28(21,22)23/h3-4,6-7,10,18-19H,2H2,1H3,(H2,13,15,16)(H2,21,22,23)/q-1/p-2/t4-,6-,7-,10-,27+/m1/s1. The van der Waals surface area contributed by atoms with E-state index in [0.29, 0.717) is 5.16 Å². The Morgan fingerprint density at radius 3 is 2.69 bits per heavy atom. The van der Waals surface area contributed by atoms with Crippen LogP contribution in [0.1, 0.15) is 6.23 Å². The summed E-state index contributed by atoms with van der Waals surface area (Å²) in [5.74, 6) is 0.104. The number of nitrogens with two attached hydrogens (primary N) is 1. The Kier molecular flexibility index (Phi) is 6.42. The van der Waals surface area contributed by atoms with Gasteiger partial charge in [-0.3, -0.25) is 4.57 Å². The zero-order chi connectivity index (χ0) is 21.6. The summed E-state index contributed by atoms with van der Waals surface area (Å²) in [6, 6.07) is 0. The molecule has 0 amide bonds. The van der Waals surface area contributed by atoms with Gasteiger partial charge in [-0.05, 0) is 6.26 Å². The Hall–Kier alpha value is -1.06. The summed E-state index contributed by atoms with van der Waals surface area (Å²) in [5, 5.41) is 20.9. The average Bonchev–Trinajstić information content (AvgIpc) is 3.13. The lowest BCUT2D eigenvalue weighted by molar-refractivity contribution is -0.334. The lowest BCUT2D eigenvalue weighted by Gasteiger charge is -2.38. The Bertz CT molecular complexity index is 1000. The van der Waals surface area contributed by atoms with Crippen LogP contribution in [0.5, 0.6) is 0 Å². The third-order valence-corrected chi connectivity index (χ3v) is 6.62. The van der Waals surface area contributed by atoms with E-state index in [4.69, 9.17) is 18.0 Å². The first kappa shape index (κ1) is 22.6. The Morgan fingerprint density at radius 2 is 2.07 bits per heavy atom. The van der Waals surface area contributed by atoms with Crippen molar-refractivity contribution in [2.45, 2.75) is 29.7 Å². The molecule has 159 valence electrons. The van der Waals surface area contributed by atoms with E-state index in [1.54, 1.807) is 6.26 Å². The number of imidazole rings is 1. The molecule has 0 spiro atoms. The molecule has 2 aromatic heterocycles. The molecule has 1 fully saturated rings. The number of thioether (sulfide) groups is 1. The molecule has 14 nitrogen and oxygen atoms in total. The Labute approximate surface area is 168 Å². The van der Waals surface area contributed by atoms with E-state index in [1.807, 2.05) is 0 Å². The molecule has 0 bridgehead atoms. The number of phosphoric acid groups is 1. The van der Waals surface area contributed by atoms with Crippen molar-refractivity contribution in [1.29, 1.82) is 0 Å². The first-order chi connectivity index (χ1) is 13.4. The number of nitrogen functional groups attached to an aromatic ring is 1. The van der Waals surface area contributed by atoms with E-state index in [0.717, 1.165) is 0 Å². The van der Waals surface area contributed by atoms with Gasteiger partial charge in [0.05, 0.1) is 28.2 Å². The van der Waals surface area contributed by atoms with Gasteiger partial charge in [-0.2, -0.15) is 0 Å². The zero-order valence-electron chi connectivity index (χ0n) is 14.6. The first-order valence-corrected chi connectivity index (χ1v) is 12.0. The number of fused-ring (bicyclic) bond motifs is 1. The molecule has 3 rings (SSSR count). The summed E-state index contributed by atoms with van der Waals surface area (Å²) in [4.78, 5) is 33.4. The van der Waals surface area contributed by atoms with Crippen LogP contribution in [0, 0.1) is 0 Å². The largest absolute Gasteiger partial charge is 0.790 e. The molecule has 0 saturated carbocycles. The van der Waals surface area contributed by atoms with Crippen LogP contribution in [-0.2, 0) is 22.7 Å². The van der Waals surface area contributed by atoms with Crippen molar-refractivity contribution in [3.8, 4) is 0 Å². The minimum absolute atomic E-state index is 0.104. The monoisotopic (exact) mass is 465 g/mol. The SMILES string of the molecule is [B-][P@](=O)(OC[C@H]1O[C@@H](n2cnc3c(N)nc(SC)nc32)[C@H](O)[C@@H]1O)OP(=O)([O-])[O-]. The van der Waals surface area contributed by atoms with Crippen LogP contribution in [0.2, 0.25) is 0 Å². The van der Waals surface area contributed by atoms with E-state index in [9.17, 15) is 29.1 Å². The van der Waals surface area contributed by atoms with E-state index >= 15 is 0 Å². The summed E-state index contributed by atoms with van der Waals surface area (Å²) >= 11 is 1.22. The van der Waals surface area contributed by atoms with Crippen molar-refractivity contribution in [1.82, 2.24) is 19.5 Å². The molecule has 2 aromatic rings. The van der Waals surface area contributed by atoms with Crippen LogP contribution >= 0.6 is 27.1 Å². The highest BCUT2D eigenvalue weighted by molar-refractivity contribution is 7.98. The normalized spacial score (nSPS) is 27.4. The maximum absolute atomic E-state index is 11.7. The number of ether oxygens (including phenoxy) is 1. The van der Waals surface area contributed by atoms with Crippen molar-refractivity contribution in [2.24, 2.45) is 0 Å². The smallest absolute Gasteiger partial charge is 0.191 e. The van der Waals surface area contributed by atoms with Crippen molar-refractivity contribution in [3.05, 3.63) is 6.33 Å². The molecule has 1 saturated heterocycles. The number of nitrogens with zero attached hydrogens (tertiary/aromatic N) is 4. The molecular formula is C11H14BN5O9P2S-3. The van der Waals surface area contributed by atoms with Gasteiger partial charge < -0.3 is 56.0 Å². The van der Waals surface area contributed by atoms with Gasteiger partial charge in [0, 0.05) is 0 Å². The molecule has 4 N–H and O–H groups in total. The second kappa shape index (κ2) is 8.23. The molecule has 1 aliphatic heterocycles. The summed E-state index contributed by atoms with van der Waals surface area (Å²) < 4.78 is 37.3. The van der Waals surface area contributed by atoms with E-state index < -0.39 is 46.4 Å². The highest BCUT2D eigenvalue weighted by Crippen LogP contribution is 2.53. The number of anilines is 1. The van der Waals surface area contributed by atoms with Gasteiger partial charge >= 0.3 is 0 Å². The molecule has 0 aromatic carbocycles. The van der Waals surface area contributed by atoms with Crippen molar-refractivity contribution in [2.75, 3.05) is 18.6 Å². The second-order valence-electron chi connectivity index (χ2n) is 5.83. The molecule has 0 aliphatic carbocycles. The molecule has 18 heteroatoms. The van der Waals surface area contributed by atoms with Gasteiger partial charge in [0.1, 0.15) is 23.8 Å². The van der Waals surface area contributed by atoms with Gasteiger partial charge in [0.25, 0.3) is 0 Å². The van der Waals surface area contributed by atoms with Crippen molar-refractivity contribution >= 4 is 51.6 Å². The van der Waals surface area contributed by atoms with E-state index in [2.05, 4.69) is 23.8 Å². The minimum atomic E-state index is -5.67. The minimum Gasteiger partial charge on any atom is -0.790 e. The third kappa shape index (κ3) is 4.99. The third-order valence-electron chi connectivity index (χ3n) is 3.85. The quantitative estimate of drug-likeness (QED) is 0.173. The number of rotatable bonds is 7. The van der Waals surface area contributed by atoms with Crippen molar-refractivity contribution < 1.29 is 42.7 Å². The summed E-state index contributed by atoms with van der Waals surface area (Å²) in [7, 11) is -5.44. The fourth-order valence-electron chi connectivity index (χ4n) is 2.63. The van der Waals surface area contributed by atoms with Gasteiger partial charge in [-0.1, -0.05) is 11.8 Å². The molecule has 3 radical (unpaired) electrons. The van der Waals surface area contributed by atoms with Crippen LogP contribution in [0.4, 0.5) is 5.82 Å². The number of aliphatic hydroxyl groups is 2. The Balaban J connectivity index is 1.80. The van der Waals surface area contributed by atoms with Gasteiger partial charge in [-0.15, -0.1) is 0 Å². The zero-order valence-corrected chi connectivity index (χ0v) is 17.2. The molecule has 3 heterocycles. The first-order valence-electron chi connectivity index (χ1n) is 7.74. The van der Waals surface area contributed by atoms with Crippen LogP contribution in [0.25, 0.3) is 11.2 Å². The molecular weight excluding hydrogens is 451 g/mol. The number of aromatic nitrogens is 4. The lowest BCUT2D eigenvalue weighted by atomic mass is 10.1. The summed E-state index contributed by atoms with van der Waals surface area (Å²) in [5.41, 5.74) is 6.31. The maximum Gasteiger partial charge on any atom is 0.191 e. The fraction of sp³-hybridized carbons (Fsp3) is 0.545. The number of aliphatic hydroxyl groups excluding tert-OH is 2. The maximum atomic E-state index is 11.7. The van der Waals surface area contributed by atoms with Crippen LogP contribution in [0.3, 0.4) is 0 Å². The van der Waals surface area contributed by atoms with Crippen molar-refractivity contribution in [3.63, 3.8) is 0 Å². The van der Waals surface area contributed by atoms with Crippen LogP contribution in [-0.4, -0.2) is 68.5 Å². The van der Waals surface area contributed by atoms with E-state index in [1.165, 1.54) is 22.7 Å². The number of hydrogen-bond donors (Lipinski definition) is 3. The summed E-state index contributed by atoms with van der Waals surface area (Å²) in [6.07, 6.45) is -2.55. The lowest BCUT2D eigenvalue weighted by Crippen LogP contribution is -2.33. The van der Waals surface area contributed by atoms with Gasteiger partial charge in [-0.25, -0.2) is 15.0 Å². The Morgan fingerprint density at radius 1 is 1.38 bits per heavy atom. The van der Waals surface area contributed by atoms with Crippen LogP contribution in [0.15, 0.2) is 11.5 Å². The number of hydrogen-bond acceptors (Lipinski definition) is 14. The topological polar surface area (TPSA) is 218 Å². The highest BCUT2D eigenvalue weighted by Gasteiger charge is 2.44. The summed E-state index contributed by atoms with van der Waals surface area (Å²) in [6.45, 7) is -0.748. The highest BCUT2D eigenvalue weighted by atomic mass is 32.2. The van der Waals surface area contributed by atoms with Crippen LogP contribution < -0.4 is 15.5 Å². The molecule has 5 atom stereocenters. The average molecular weight is 465 g/mol. The second-order valence-corrected chi connectivity index (χ2v) is 9.49. The molecule has 0 unspecified atom stereocenters. The fourth-order valence-corrected chi connectivity index (χ4v) is 4.66. The predicted octanol–water partition coefficient (Wildman–Crippen LogP) is -2.11. The van der Waals surface area contributed by atoms with Gasteiger partial charge in [0.2, 0.25) is 0 Å². The predicted molar refractivity (Wildman–Crippen MR) is 95.4 cm³/mol. The molecule has 1 aliphatic rings. The van der Waals surface area contributed by atoms with E-state index in [-0.39, 0.29) is 17.0 Å². The van der Waals surface area contributed by atoms with Gasteiger partial charge in [0.15, 0.2) is 22.8 Å². The molecule has 29 heavy (non-hydrogen) atoms.